The number of ether oxygens (including phenoxy) is 1. The van der Waals surface area contributed by atoms with Gasteiger partial charge in [-0.1, -0.05) is 5.21 Å². The first kappa shape index (κ1) is 13.1. The topological polar surface area (TPSA) is 107 Å². The molecule has 0 radical (unpaired) electrons. The maximum Gasteiger partial charge on any atom is 0.246 e. The Labute approximate surface area is 116 Å². The smallest absolute Gasteiger partial charge is 0.246 e. The third-order valence-electron chi connectivity index (χ3n) is 4.12. The van der Waals surface area contributed by atoms with E-state index in [1.165, 1.54) is 0 Å². The molecule has 1 aromatic rings. The minimum atomic E-state index is -0.488. The van der Waals surface area contributed by atoms with Crippen molar-refractivity contribution in [2.45, 2.75) is 43.7 Å². The minimum absolute atomic E-state index is 0.323. The highest BCUT2D eigenvalue weighted by molar-refractivity contribution is 5.78. The average molecular weight is 275 g/mol. The molecular weight excluding hydrogens is 258 g/mol. The molecule has 3 rings (SSSR count). The van der Waals surface area contributed by atoms with Gasteiger partial charge < -0.3 is 10.5 Å². The number of rotatable bonds is 4. The number of hydrogen-bond donors (Lipinski definition) is 1. The fourth-order valence-corrected chi connectivity index (χ4v) is 2.66. The molecule has 1 unspecified atom stereocenters. The number of carbonyl (C=O) groups is 1. The summed E-state index contributed by atoms with van der Waals surface area (Å²) in [7, 11) is 0. The molecule has 0 bridgehead atoms. The van der Waals surface area contributed by atoms with Crippen LogP contribution in [0, 0.1) is 17.2 Å². The second-order valence-electron chi connectivity index (χ2n) is 5.65. The Morgan fingerprint density at radius 1 is 1.65 bits per heavy atom. The molecule has 7 heteroatoms. The monoisotopic (exact) mass is 275 g/mol. The van der Waals surface area contributed by atoms with Crippen molar-refractivity contribution in [3.8, 4) is 6.07 Å². The summed E-state index contributed by atoms with van der Waals surface area (Å²) in [6.07, 6.45) is 5.31. The third-order valence-corrected chi connectivity index (χ3v) is 4.12. The van der Waals surface area contributed by atoms with E-state index in [0.717, 1.165) is 31.4 Å². The van der Waals surface area contributed by atoms with Crippen LogP contribution in [0.2, 0.25) is 0 Å². The third kappa shape index (κ3) is 2.39. The molecule has 7 nitrogen and oxygen atoms in total. The summed E-state index contributed by atoms with van der Waals surface area (Å²) in [6.45, 7) is 0.550. The van der Waals surface area contributed by atoms with E-state index < -0.39 is 17.6 Å². The lowest BCUT2D eigenvalue weighted by Gasteiger charge is -2.26. The molecular formula is C13H17N5O2. The molecule has 2 heterocycles. The van der Waals surface area contributed by atoms with Crippen molar-refractivity contribution >= 4 is 5.91 Å². The highest BCUT2D eigenvalue weighted by atomic mass is 16.5. The number of nitrogens with two attached hydrogens (primary N) is 1. The second kappa shape index (κ2) is 4.87. The maximum absolute atomic E-state index is 11.2. The van der Waals surface area contributed by atoms with Crippen molar-refractivity contribution in [1.82, 2.24) is 15.0 Å². The summed E-state index contributed by atoms with van der Waals surface area (Å²) in [4.78, 5) is 11.2. The lowest BCUT2D eigenvalue weighted by atomic mass is 9.91. The molecule has 1 saturated carbocycles. The molecule has 0 aromatic carbocycles. The summed E-state index contributed by atoms with van der Waals surface area (Å²) in [5.74, 6) is -0.0802. The molecule has 2 N–H and O–H groups in total. The first-order valence-corrected chi connectivity index (χ1v) is 6.87. The Morgan fingerprint density at radius 3 is 3.10 bits per heavy atom. The van der Waals surface area contributed by atoms with Crippen molar-refractivity contribution in [2.75, 3.05) is 6.61 Å². The molecule has 1 amide bonds. The zero-order chi connectivity index (χ0) is 14.2. The molecule has 1 saturated heterocycles. The van der Waals surface area contributed by atoms with Gasteiger partial charge in [-0.15, -0.1) is 5.10 Å². The second-order valence-corrected chi connectivity index (χ2v) is 5.65. The molecule has 106 valence electrons. The Hall–Kier alpha value is -1.94. The Balaban J connectivity index is 1.64. The molecule has 2 aliphatic rings. The molecule has 0 spiro atoms. The van der Waals surface area contributed by atoms with Crippen LogP contribution in [0.1, 0.15) is 31.4 Å². The van der Waals surface area contributed by atoms with Crippen molar-refractivity contribution in [3.05, 3.63) is 11.9 Å². The van der Waals surface area contributed by atoms with Gasteiger partial charge >= 0.3 is 0 Å². The van der Waals surface area contributed by atoms with Gasteiger partial charge in [0.25, 0.3) is 0 Å². The lowest BCUT2D eigenvalue weighted by Crippen LogP contribution is -2.37. The molecule has 1 aliphatic heterocycles. The normalized spacial score (nSPS) is 27.8. The first-order valence-electron chi connectivity index (χ1n) is 6.87. The summed E-state index contributed by atoms with van der Waals surface area (Å²) in [5, 5.41) is 17.3. The van der Waals surface area contributed by atoms with Crippen LogP contribution in [0.25, 0.3) is 0 Å². The molecule has 2 fully saturated rings. The van der Waals surface area contributed by atoms with Crippen LogP contribution in [0.3, 0.4) is 0 Å². The van der Waals surface area contributed by atoms with Crippen LogP contribution in [-0.4, -0.2) is 33.6 Å². The van der Waals surface area contributed by atoms with Crippen molar-refractivity contribution in [2.24, 2.45) is 11.7 Å². The van der Waals surface area contributed by atoms with Gasteiger partial charge in [0.15, 0.2) is 5.54 Å². The van der Waals surface area contributed by atoms with Crippen molar-refractivity contribution in [3.63, 3.8) is 0 Å². The summed E-state index contributed by atoms with van der Waals surface area (Å²) in [5.41, 5.74) is 5.68. The van der Waals surface area contributed by atoms with E-state index >= 15 is 0 Å². The maximum atomic E-state index is 11.2. The van der Waals surface area contributed by atoms with Crippen LogP contribution in [0.15, 0.2) is 6.20 Å². The molecule has 1 aromatic heterocycles. The first-order chi connectivity index (χ1) is 9.63. The predicted molar refractivity (Wildman–Crippen MR) is 68.2 cm³/mol. The van der Waals surface area contributed by atoms with Gasteiger partial charge in [-0.2, -0.15) is 5.26 Å². The van der Waals surface area contributed by atoms with Gasteiger partial charge in [0.2, 0.25) is 5.91 Å². The number of primary amides is 1. The van der Waals surface area contributed by atoms with Crippen molar-refractivity contribution in [1.29, 1.82) is 5.26 Å². The van der Waals surface area contributed by atoms with E-state index in [9.17, 15) is 4.79 Å². The van der Waals surface area contributed by atoms with E-state index in [1.807, 2.05) is 6.20 Å². The van der Waals surface area contributed by atoms with Crippen LogP contribution in [0.5, 0.6) is 0 Å². The van der Waals surface area contributed by atoms with E-state index in [4.69, 9.17) is 15.7 Å². The van der Waals surface area contributed by atoms with Crippen LogP contribution >= 0.6 is 0 Å². The van der Waals surface area contributed by atoms with Crippen LogP contribution in [0.4, 0.5) is 0 Å². The van der Waals surface area contributed by atoms with Gasteiger partial charge in [0.05, 0.1) is 18.0 Å². The van der Waals surface area contributed by atoms with Gasteiger partial charge in [-0.3, -0.25) is 4.79 Å². The van der Waals surface area contributed by atoms with Gasteiger partial charge in [-0.25, -0.2) is 4.68 Å². The van der Waals surface area contributed by atoms with Crippen LogP contribution in [-0.2, 0) is 21.5 Å². The Bertz CT molecular complexity index is 557. The number of carbonyl (C=O) groups excluding carboxylic acids is 1. The highest BCUT2D eigenvalue weighted by Crippen LogP contribution is 2.42. The zero-order valence-corrected chi connectivity index (χ0v) is 11.2. The SMILES string of the molecule is N#CC1(n2cc(CC3CCO[C@H](C(N)=O)C3)nn2)CC1. The Morgan fingerprint density at radius 2 is 2.45 bits per heavy atom. The van der Waals surface area contributed by atoms with E-state index in [2.05, 4.69) is 16.4 Å². The molecule has 1 aliphatic carbocycles. The van der Waals surface area contributed by atoms with E-state index in [-0.39, 0.29) is 0 Å². The number of nitrogens with zero attached hydrogens (tertiary/aromatic N) is 4. The summed E-state index contributed by atoms with van der Waals surface area (Å²) < 4.78 is 7.01. The number of nitriles is 1. The highest BCUT2D eigenvalue weighted by Gasteiger charge is 2.46. The standard InChI is InChI=1S/C13H17N5O2/c14-8-13(2-3-13)18-7-10(16-17-18)5-9-1-4-20-11(6-9)12(15)19/h7,9,11H,1-6H2,(H2,15,19)/t9?,11-/m0/s1. The van der Waals surface area contributed by atoms with Gasteiger partial charge in [-0.05, 0) is 38.0 Å². The number of aromatic nitrogens is 3. The summed E-state index contributed by atoms with van der Waals surface area (Å²) in [6, 6.07) is 2.29. The number of hydrogen-bond acceptors (Lipinski definition) is 5. The van der Waals surface area contributed by atoms with Gasteiger partial charge in [0.1, 0.15) is 6.10 Å². The molecule has 2 atom stereocenters. The van der Waals surface area contributed by atoms with Crippen molar-refractivity contribution < 1.29 is 9.53 Å². The predicted octanol–water partition coefficient (Wildman–Crippen LogP) is 0.114. The lowest BCUT2D eigenvalue weighted by molar-refractivity contribution is -0.133. The Kier molecular flexibility index (Phi) is 3.18. The minimum Gasteiger partial charge on any atom is -0.368 e. The zero-order valence-electron chi connectivity index (χ0n) is 11.2. The van der Waals surface area contributed by atoms with E-state index in [1.54, 1.807) is 4.68 Å². The van der Waals surface area contributed by atoms with Gasteiger partial charge in [0, 0.05) is 6.61 Å². The molecule has 20 heavy (non-hydrogen) atoms. The number of amides is 1. The average Bonchev–Trinajstić information content (AvgIpc) is 3.12. The summed E-state index contributed by atoms with van der Waals surface area (Å²) >= 11 is 0. The largest absolute Gasteiger partial charge is 0.368 e. The quantitative estimate of drug-likeness (QED) is 0.839. The van der Waals surface area contributed by atoms with Crippen LogP contribution < -0.4 is 5.73 Å². The van der Waals surface area contributed by atoms with E-state index in [0.29, 0.717) is 18.9 Å². The fourth-order valence-electron chi connectivity index (χ4n) is 2.66. The fraction of sp³-hybridized carbons (Fsp3) is 0.692.